The van der Waals surface area contributed by atoms with E-state index in [1.54, 1.807) is 25.1 Å². The van der Waals surface area contributed by atoms with Crippen LogP contribution in [0.1, 0.15) is 21.8 Å². The molecule has 0 bridgehead atoms. The molecular formula is C20H17ClN2O4. The topological polar surface area (TPSA) is 81.4 Å². The van der Waals surface area contributed by atoms with Gasteiger partial charge in [0.05, 0.1) is 0 Å². The van der Waals surface area contributed by atoms with Gasteiger partial charge in [-0.15, -0.1) is 0 Å². The Balaban J connectivity index is 1.63. The lowest BCUT2D eigenvalue weighted by atomic mass is 10.2. The number of benzene rings is 2. The molecule has 27 heavy (non-hydrogen) atoms. The van der Waals surface area contributed by atoms with E-state index in [1.165, 1.54) is 0 Å². The molecule has 0 saturated heterocycles. The number of anilines is 1. The Labute approximate surface area is 161 Å². The number of hydrogen-bond acceptors (Lipinski definition) is 5. The van der Waals surface area contributed by atoms with Crippen molar-refractivity contribution in [2.75, 3.05) is 11.9 Å². The first-order valence-electron chi connectivity index (χ1n) is 8.20. The summed E-state index contributed by atoms with van der Waals surface area (Å²) in [6.45, 7) is 3.00. The number of hydrogen-bond donors (Lipinski definition) is 1. The summed E-state index contributed by atoms with van der Waals surface area (Å²) in [7, 11) is 0. The Bertz CT molecular complexity index is 983. The lowest BCUT2D eigenvalue weighted by Gasteiger charge is -2.09. The van der Waals surface area contributed by atoms with E-state index in [0.717, 1.165) is 11.1 Å². The summed E-state index contributed by atoms with van der Waals surface area (Å²) in [4.78, 5) is 28.5. The van der Waals surface area contributed by atoms with Crippen LogP contribution in [-0.4, -0.2) is 23.5 Å². The summed E-state index contributed by atoms with van der Waals surface area (Å²) in [6.07, 6.45) is 0. The van der Waals surface area contributed by atoms with Crippen molar-refractivity contribution in [1.29, 1.82) is 0 Å². The van der Waals surface area contributed by atoms with Gasteiger partial charge in [-0.1, -0.05) is 35.9 Å². The first kappa shape index (κ1) is 18.7. The molecule has 1 N–H and O–H groups in total. The Morgan fingerprint density at radius 1 is 1.15 bits per heavy atom. The van der Waals surface area contributed by atoms with Crippen molar-refractivity contribution >= 4 is 29.2 Å². The van der Waals surface area contributed by atoms with Gasteiger partial charge in [-0.05, 0) is 43.7 Å². The van der Waals surface area contributed by atoms with Crippen molar-refractivity contribution in [2.24, 2.45) is 0 Å². The van der Waals surface area contributed by atoms with Gasteiger partial charge in [0.1, 0.15) is 5.76 Å². The summed E-state index contributed by atoms with van der Waals surface area (Å²) in [5.74, 6) is -0.557. The fourth-order valence-corrected chi connectivity index (χ4v) is 2.58. The van der Waals surface area contributed by atoms with Crippen LogP contribution in [0, 0.1) is 13.8 Å². The molecule has 0 aliphatic carbocycles. The van der Waals surface area contributed by atoms with Crippen molar-refractivity contribution in [3.05, 3.63) is 70.6 Å². The molecule has 0 atom stereocenters. The summed E-state index contributed by atoms with van der Waals surface area (Å²) in [5, 5.41) is 3.16. The molecule has 138 valence electrons. The lowest BCUT2D eigenvalue weighted by Crippen LogP contribution is -2.21. The Hall–Kier alpha value is -3.12. The van der Waals surface area contributed by atoms with Crippen LogP contribution in [0.2, 0.25) is 5.02 Å². The van der Waals surface area contributed by atoms with Gasteiger partial charge in [0.25, 0.3) is 5.91 Å². The minimum absolute atomic E-state index is 0.0422. The highest BCUT2D eigenvalue weighted by molar-refractivity contribution is 6.31. The van der Waals surface area contributed by atoms with Crippen LogP contribution >= 0.6 is 11.6 Å². The molecule has 1 amide bonds. The van der Waals surface area contributed by atoms with E-state index in [4.69, 9.17) is 20.8 Å². The van der Waals surface area contributed by atoms with Crippen LogP contribution in [0.5, 0.6) is 0 Å². The number of carbonyl (C=O) groups excluding carboxylic acids is 2. The van der Waals surface area contributed by atoms with E-state index in [2.05, 4.69) is 10.3 Å². The minimum atomic E-state index is -0.726. The van der Waals surface area contributed by atoms with Gasteiger partial charge in [0.2, 0.25) is 5.89 Å². The first-order chi connectivity index (χ1) is 12.9. The molecule has 3 aromatic rings. The quantitative estimate of drug-likeness (QED) is 0.659. The first-order valence-corrected chi connectivity index (χ1v) is 8.58. The highest BCUT2D eigenvalue weighted by Gasteiger charge is 2.20. The van der Waals surface area contributed by atoms with Crippen molar-refractivity contribution in [2.45, 2.75) is 13.8 Å². The molecule has 0 aliphatic rings. The molecule has 0 fully saturated rings. The average Bonchev–Trinajstić information content (AvgIpc) is 3.05. The summed E-state index contributed by atoms with van der Waals surface area (Å²) in [6, 6.07) is 14.3. The average molecular weight is 385 g/mol. The van der Waals surface area contributed by atoms with E-state index in [1.807, 2.05) is 37.3 Å². The maximum Gasteiger partial charge on any atom is 0.361 e. The van der Waals surface area contributed by atoms with Crippen LogP contribution < -0.4 is 5.32 Å². The maximum atomic E-state index is 12.2. The van der Waals surface area contributed by atoms with Crippen LogP contribution in [0.25, 0.3) is 11.5 Å². The zero-order valence-corrected chi connectivity index (χ0v) is 15.5. The number of oxazole rings is 1. The molecule has 0 unspecified atom stereocenters. The molecule has 0 spiro atoms. The molecular weight excluding hydrogens is 368 g/mol. The van der Waals surface area contributed by atoms with Crippen LogP contribution in [0.3, 0.4) is 0 Å². The largest absolute Gasteiger partial charge is 0.451 e. The standard InChI is InChI=1S/C20H17ClN2O4/c1-12-8-9-15(21)10-16(12)22-17(24)11-26-20(25)18-13(2)27-19(23-18)14-6-4-3-5-7-14/h3-10H,11H2,1-2H3,(H,22,24). The molecule has 1 heterocycles. The second-order valence-electron chi connectivity index (χ2n) is 5.87. The number of nitrogens with zero attached hydrogens (tertiary/aromatic N) is 1. The third-order valence-corrected chi connectivity index (χ3v) is 4.05. The van der Waals surface area contributed by atoms with E-state index in [0.29, 0.717) is 22.4 Å². The van der Waals surface area contributed by atoms with Crippen molar-refractivity contribution in [3.8, 4) is 11.5 Å². The number of nitrogens with one attached hydrogen (secondary N) is 1. The van der Waals surface area contributed by atoms with Gasteiger partial charge >= 0.3 is 5.97 Å². The molecule has 3 rings (SSSR count). The number of amides is 1. The fraction of sp³-hybridized carbons (Fsp3) is 0.150. The number of halogens is 1. The van der Waals surface area contributed by atoms with Gasteiger partial charge in [-0.3, -0.25) is 4.79 Å². The maximum absolute atomic E-state index is 12.2. The molecule has 7 heteroatoms. The van der Waals surface area contributed by atoms with E-state index >= 15 is 0 Å². The number of ether oxygens (including phenoxy) is 1. The normalized spacial score (nSPS) is 10.5. The molecule has 6 nitrogen and oxygen atoms in total. The second-order valence-corrected chi connectivity index (χ2v) is 6.31. The smallest absolute Gasteiger partial charge is 0.361 e. The zero-order chi connectivity index (χ0) is 19.4. The Morgan fingerprint density at radius 2 is 1.89 bits per heavy atom. The lowest BCUT2D eigenvalue weighted by molar-refractivity contribution is -0.119. The van der Waals surface area contributed by atoms with E-state index in [-0.39, 0.29) is 5.69 Å². The van der Waals surface area contributed by atoms with Gasteiger partial charge < -0.3 is 14.5 Å². The molecule has 0 aliphatic heterocycles. The van der Waals surface area contributed by atoms with Crippen molar-refractivity contribution in [3.63, 3.8) is 0 Å². The molecule has 0 saturated carbocycles. The second kappa shape index (κ2) is 8.05. The predicted molar refractivity (Wildman–Crippen MR) is 102 cm³/mol. The van der Waals surface area contributed by atoms with Gasteiger partial charge in [0, 0.05) is 16.3 Å². The number of esters is 1. The number of rotatable bonds is 5. The van der Waals surface area contributed by atoms with Crippen molar-refractivity contribution < 1.29 is 18.7 Å². The van der Waals surface area contributed by atoms with Crippen LogP contribution in [0.15, 0.2) is 52.9 Å². The highest BCUT2D eigenvalue weighted by atomic mass is 35.5. The third kappa shape index (κ3) is 4.54. The van der Waals surface area contributed by atoms with E-state index < -0.39 is 18.5 Å². The van der Waals surface area contributed by atoms with Gasteiger partial charge in [0.15, 0.2) is 12.3 Å². The monoisotopic (exact) mass is 384 g/mol. The van der Waals surface area contributed by atoms with Crippen molar-refractivity contribution in [1.82, 2.24) is 4.98 Å². The number of aryl methyl sites for hydroxylation is 2. The number of aromatic nitrogens is 1. The van der Waals surface area contributed by atoms with Gasteiger partial charge in [-0.2, -0.15) is 0 Å². The SMILES string of the molecule is Cc1ccc(Cl)cc1NC(=O)COC(=O)c1nc(-c2ccccc2)oc1C. The summed E-state index contributed by atoms with van der Waals surface area (Å²) in [5.41, 5.74) is 2.20. The highest BCUT2D eigenvalue weighted by Crippen LogP contribution is 2.22. The summed E-state index contributed by atoms with van der Waals surface area (Å²) < 4.78 is 10.6. The molecule has 0 radical (unpaired) electrons. The Kier molecular flexibility index (Phi) is 5.57. The van der Waals surface area contributed by atoms with Crippen LogP contribution in [-0.2, 0) is 9.53 Å². The Morgan fingerprint density at radius 3 is 2.63 bits per heavy atom. The minimum Gasteiger partial charge on any atom is -0.451 e. The van der Waals surface area contributed by atoms with Crippen LogP contribution in [0.4, 0.5) is 5.69 Å². The third-order valence-electron chi connectivity index (χ3n) is 3.82. The summed E-state index contributed by atoms with van der Waals surface area (Å²) >= 11 is 5.92. The fourth-order valence-electron chi connectivity index (χ4n) is 2.40. The van der Waals surface area contributed by atoms with Gasteiger partial charge in [-0.25, -0.2) is 9.78 Å². The molecule has 2 aromatic carbocycles. The number of carbonyl (C=O) groups is 2. The molecule has 1 aromatic heterocycles. The zero-order valence-electron chi connectivity index (χ0n) is 14.8. The van der Waals surface area contributed by atoms with E-state index in [9.17, 15) is 9.59 Å². The predicted octanol–water partition coefficient (Wildman–Crippen LogP) is 4.41.